The number of rotatable bonds is 3. The Labute approximate surface area is 121 Å². The number of aliphatic hydroxyl groups is 1. The molecular formula is C15H23NO3S. The highest BCUT2D eigenvalue weighted by Gasteiger charge is 2.26. The molecule has 1 fully saturated rings. The van der Waals surface area contributed by atoms with Crippen molar-refractivity contribution in [2.75, 3.05) is 0 Å². The smallest absolute Gasteiger partial charge is 0.241 e. The van der Waals surface area contributed by atoms with E-state index in [9.17, 15) is 13.5 Å². The van der Waals surface area contributed by atoms with Crippen molar-refractivity contribution >= 4 is 10.0 Å². The van der Waals surface area contributed by atoms with Crippen LogP contribution in [0.25, 0.3) is 0 Å². The second kappa shape index (κ2) is 5.84. The number of hydrogen-bond acceptors (Lipinski definition) is 3. The van der Waals surface area contributed by atoms with Crippen LogP contribution in [0, 0.1) is 20.8 Å². The summed E-state index contributed by atoms with van der Waals surface area (Å²) in [5, 5.41) is 9.48. The fraction of sp³-hybridized carbons (Fsp3) is 0.600. The van der Waals surface area contributed by atoms with E-state index in [1.807, 2.05) is 32.9 Å². The maximum Gasteiger partial charge on any atom is 0.241 e. The molecule has 0 radical (unpaired) electrons. The molecule has 0 aliphatic heterocycles. The largest absolute Gasteiger partial charge is 0.393 e. The molecule has 1 aliphatic rings. The van der Waals surface area contributed by atoms with Crippen molar-refractivity contribution in [2.24, 2.45) is 0 Å². The Balaban J connectivity index is 2.23. The van der Waals surface area contributed by atoms with Gasteiger partial charge in [-0.2, -0.15) is 0 Å². The summed E-state index contributed by atoms with van der Waals surface area (Å²) in [4.78, 5) is 0.397. The molecule has 1 aliphatic carbocycles. The molecule has 20 heavy (non-hydrogen) atoms. The first-order valence-corrected chi connectivity index (χ1v) is 8.56. The first-order valence-electron chi connectivity index (χ1n) is 7.08. The highest BCUT2D eigenvalue weighted by molar-refractivity contribution is 7.89. The average Bonchev–Trinajstić information content (AvgIpc) is 2.30. The van der Waals surface area contributed by atoms with Gasteiger partial charge in [0.25, 0.3) is 0 Å². The lowest BCUT2D eigenvalue weighted by Gasteiger charge is -2.26. The van der Waals surface area contributed by atoms with Crippen LogP contribution >= 0.6 is 0 Å². The van der Waals surface area contributed by atoms with E-state index in [1.165, 1.54) is 0 Å². The van der Waals surface area contributed by atoms with E-state index in [0.717, 1.165) is 16.7 Å². The minimum Gasteiger partial charge on any atom is -0.393 e. The first-order chi connectivity index (χ1) is 9.29. The molecule has 1 aromatic carbocycles. The Hall–Kier alpha value is -0.910. The van der Waals surface area contributed by atoms with E-state index in [1.54, 1.807) is 0 Å². The summed E-state index contributed by atoms with van der Waals surface area (Å²) in [7, 11) is -3.49. The maximum atomic E-state index is 12.6. The minimum absolute atomic E-state index is 0.0662. The summed E-state index contributed by atoms with van der Waals surface area (Å²) >= 11 is 0. The Bertz CT molecular complexity index is 564. The molecule has 0 heterocycles. The molecule has 112 valence electrons. The van der Waals surface area contributed by atoms with E-state index in [0.29, 0.717) is 30.6 Å². The minimum atomic E-state index is -3.49. The molecule has 0 bridgehead atoms. The Morgan fingerprint density at radius 2 is 1.55 bits per heavy atom. The van der Waals surface area contributed by atoms with Crippen molar-refractivity contribution in [2.45, 2.75) is 63.5 Å². The normalized spacial score (nSPS) is 23.8. The summed E-state index contributed by atoms with van der Waals surface area (Å²) in [6.07, 6.45) is 2.45. The third-order valence-corrected chi connectivity index (χ3v) is 5.72. The second-order valence-corrected chi connectivity index (χ2v) is 7.51. The fourth-order valence-corrected chi connectivity index (χ4v) is 4.82. The van der Waals surface area contributed by atoms with Crippen molar-refractivity contribution in [3.8, 4) is 0 Å². The van der Waals surface area contributed by atoms with Crippen LogP contribution in [0.4, 0.5) is 0 Å². The monoisotopic (exact) mass is 297 g/mol. The quantitative estimate of drug-likeness (QED) is 0.899. The number of benzene rings is 1. The molecule has 0 saturated heterocycles. The van der Waals surface area contributed by atoms with Gasteiger partial charge in [-0.05, 0) is 57.6 Å². The molecule has 2 N–H and O–H groups in total. The highest BCUT2D eigenvalue weighted by atomic mass is 32.2. The van der Waals surface area contributed by atoms with Crippen LogP contribution in [0.3, 0.4) is 0 Å². The lowest BCUT2D eigenvalue weighted by atomic mass is 9.94. The van der Waals surface area contributed by atoms with Gasteiger partial charge in [0, 0.05) is 6.04 Å². The van der Waals surface area contributed by atoms with Crippen LogP contribution in [-0.2, 0) is 10.0 Å². The number of nitrogens with one attached hydrogen (secondary N) is 1. The molecular weight excluding hydrogens is 274 g/mol. The van der Waals surface area contributed by atoms with Gasteiger partial charge in [-0.1, -0.05) is 17.7 Å². The van der Waals surface area contributed by atoms with Crippen LogP contribution in [0.1, 0.15) is 42.4 Å². The van der Waals surface area contributed by atoms with Gasteiger partial charge in [0.1, 0.15) is 0 Å². The van der Waals surface area contributed by atoms with Crippen LogP contribution in [-0.4, -0.2) is 25.7 Å². The van der Waals surface area contributed by atoms with Crippen LogP contribution in [0.2, 0.25) is 0 Å². The molecule has 5 heteroatoms. The third kappa shape index (κ3) is 3.40. The van der Waals surface area contributed by atoms with Gasteiger partial charge >= 0.3 is 0 Å². The maximum absolute atomic E-state index is 12.6. The van der Waals surface area contributed by atoms with Gasteiger partial charge in [0.15, 0.2) is 0 Å². The zero-order valence-electron chi connectivity index (χ0n) is 12.3. The van der Waals surface area contributed by atoms with E-state index in [-0.39, 0.29) is 12.1 Å². The molecule has 2 rings (SSSR count). The standard InChI is InChI=1S/C15H23NO3S/c1-10-8-11(2)15(12(3)9-10)20(18,19)16-13-4-6-14(17)7-5-13/h8-9,13-14,16-17H,4-7H2,1-3H3. The SMILES string of the molecule is Cc1cc(C)c(S(=O)(=O)NC2CCC(O)CC2)c(C)c1. The van der Waals surface area contributed by atoms with Gasteiger partial charge < -0.3 is 5.11 Å². The lowest BCUT2D eigenvalue weighted by molar-refractivity contribution is 0.120. The summed E-state index contributed by atoms with van der Waals surface area (Å²) in [5.41, 5.74) is 2.64. The molecule has 1 aromatic rings. The van der Waals surface area contributed by atoms with Gasteiger partial charge in [-0.15, -0.1) is 0 Å². The Morgan fingerprint density at radius 3 is 2.05 bits per heavy atom. The highest BCUT2D eigenvalue weighted by Crippen LogP contribution is 2.24. The summed E-state index contributed by atoms with van der Waals surface area (Å²) in [6, 6.07) is 3.72. The Kier molecular flexibility index (Phi) is 4.52. The van der Waals surface area contributed by atoms with E-state index in [2.05, 4.69) is 4.72 Å². The van der Waals surface area contributed by atoms with Gasteiger partial charge in [0.2, 0.25) is 10.0 Å². The van der Waals surface area contributed by atoms with Crippen molar-refractivity contribution in [1.29, 1.82) is 0 Å². The Morgan fingerprint density at radius 1 is 1.05 bits per heavy atom. The van der Waals surface area contributed by atoms with Crippen LogP contribution in [0.5, 0.6) is 0 Å². The lowest BCUT2D eigenvalue weighted by Crippen LogP contribution is -2.39. The van der Waals surface area contributed by atoms with Gasteiger partial charge in [-0.25, -0.2) is 13.1 Å². The average molecular weight is 297 g/mol. The second-order valence-electron chi connectivity index (χ2n) is 5.85. The fourth-order valence-electron chi connectivity index (χ4n) is 3.06. The van der Waals surface area contributed by atoms with Crippen molar-refractivity contribution in [3.63, 3.8) is 0 Å². The van der Waals surface area contributed by atoms with E-state index in [4.69, 9.17) is 0 Å². The van der Waals surface area contributed by atoms with E-state index >= 15 is 0 Å². The predicted octanol–water partition coefficient (Wildman–Crippen LogP) is 2.19. The zero-order chi connectivity index (χ0) is 14.9. The van der Waals surface area contributed by atoms with E-state index < -0.39 is 10.0 Å². The number of sulfonamides is 1. The molecule has 1 saturated carbocycles. The van der Waals surface area contributed by atoms with Gasteiger partial charge in [0.05, 0.1) is 11.0 Å². The molecule has 0 atom stereocenters. The third-order valence-electron chi connectivity index (χ3n) is 3.89. The molecule has 4 nitrogen and oxygen atoms in total. The number of aliphatic hydroxyl groups excluding tert-OH is 1. The topological polar surface area (TPSA) is 66.4 Å². The van der Waals surface area contributed by atoms with Gasteiger partial charge in [-0.3, -0.25) is 0 Å². The summed E-state index contributed by atoms with van der Waals surface area (Å²) in [5.74, 6) is 0. The summed E-state index contributed by atoms with van der Waals surface area (Å²) < 4.78 is 27.9. The van der Waals surface area contributed by atoms with Crippen molar-refractivity contribution < 1.29 is 13.5 Å². The van der Waals surface area contributed by atoms with Crippen LogP contribution in [0.15, 0.2) is 17.0 Å². The summed E-state index contributed by atoms with van der Waals surface area (Å²) in [6.45, 7) is 5.63. The van der Waals surface area contributed by atoms with Crippen molar-refractivity contribution in [1.82, 2.24) is 4.72 Å². The number of hydrogen-bond donors (Lipinski definition) is 2. The zero-order valence-corrected chi connectivity index (χ0v) is 13.1. The van der Waals surface area contributed by atoms with Crippen molar-refractivity contribution in [3.05, 3.63) is 28.8 Å². The number of aryl methyl sites for hydroxylation is 3. The predicted molar refractivity (Wildman–Crippen MR) is 79.2 cm³/mol. The van der Waals surface area contributed by atoms with Crippen LogP contribution < -0.4 is 4.72 Å². The molecule has 0 aromatic heterocycles. The first kappa shape index (κ1) is 15.5. The molecule has 0 spiro atoms. The molecule has 0 unspecified atom stereocenters. The molecule has 0 amide bonds.